The van der Waals surface area contributed by atoms with Crippen LogP contribution in [0.4, 0.5) is 5.69 Å². The average Bonchev–Trinajstić information content (AvgIpc) is 2.39. The van der Waals surface area contributed by atoms with E-state index in [1.54, 1.807) is 23.2 Å². The van der Waals surface area contributed by atoms with Crippen molar-refractivity contribution in [1.82, 2.24) is 9.88 Å². The molecule has 1 saturated heterocycles. The van der Waals surface area contributed by atoms with Crippen LogP contribution in [0.15, 0.2) is 18.3 Å². The summed E-state index contributed by atoms with van der Waals surface area (Å²) >= 11 is 0. The topological polar surface area (TPSA) is 96.5 Å². The first-order chi connectivity index (χ1) is 9.08. The number of anilines is 1. The van der Waals surface area contributed by atoms with Crippen LogP contribution in [0, 0.1) is 5.92 Å². The molecule has 1 aromatic heterocycles. The van der Waals surface area contributed by atoms with Crippen molar-refractivity contribution in [1.29, 1.82) is 0 Å². The van der Waals surface area contributed by atoms with Crippen LogP contribution in [0.5, 0.6) is 0 Å². The SMILES string of the molecule is Nc1cccnc1C(=O)N1CCC(CC(=O)O)CC1. The predicted octanol–water partition coefficient (Wildman–Crippen LogP) is 0.991. The minimum absolute atomic E-state index is 0.155. The lowest BCUT2D eigenvalue weighted by atomic mass is 9.93. The Morgan fingerprint density at radius 3 is 2.68 bits per heavy atom. The average molecular weight is 263 g/mol. The number of hydrogen-bond acceptors (Lipinski definition) is 4. The number of nitrogens with zero attached hydrogens (tertiary/aromatic N) is 2. The highest BCUT2D eigenvalue weighted by Crippen LogP contribution is 2.22. The Kier molecular flexibility index (Phi) is 3.99. The molecule has 3 N–H and O–H groups in total. The van der Waals surface area contributed by atoms with Gasteiger partial charge in [-0.15, -0.1) is 0 Å². The number of hydrogen-bond donors (Lipinski definition) is 2. The zero-order valence-corrected chi connectivity index (χ0v) is 10.6. The summed E-state index contributed by atoms with van der Waals surface area (Å²) in [5.74, 6) is -0.798. The van der Waals surface area contributed by atoms with E-state index in [0.29, 0.717) is 31.6 Å². The third kappa shape index (κ3) is 3.21. The Balaban J connectivity index is 1.96. The van der Waals surface area contributed by atoms with Crippen molar-refractivity contribution < 1.29 is 14.7 Å². The number of nitrogen functional groups attached to an aromatic ring is 1. The molecule has 0 atom stereocenters. The maximum Gasteiger partial charge on any atom is 0.303 e. The fraction of sp³-hybridized carbons (Fsp3) is 0.462. The summed E-state index contributed by atoms with van der Waals surface area (Å²) < 4.78 is 0. The number of carbonyl (C=O) groups is 2. The summed E-state index contributed by atoms with van der Waals surface area (Å²) in [6.07, 6.45) is 3.14. The highest BCUT2D eigenvalue weighted by atomic mass is 16.4. The largest absolute Gasteiger partial charge is 0.481 e. The van der Waals surface area contributed by atoms with Crippen LogP contribution in [0.2, 0.25) is 0 Å². The minimum atomic E-state index is -0.779. The Hall–Kier alpha value is -2.11. The number of amides is 1. The minimum Gasteiger partial charge on any atom is -0.481 e. The Bertz CT molecular complexity index is 482. The van der Waals surface area contributed by atoms with Crippen LogP contribution in [0.25, 0.3) is 0 Å². The Labute approximate surface area is 111 Å². The second-order valence-electron chi connectivity index (χ2n) is 4.77. The maximum atomic E-state index is 12.2. The molecule has 2 heterocycles. The van der Waals surface area contributed by atoms with E-state index in [2.05, 4.69) is 4.98 Å². The van der Waals surface area contributed by atoms with Crippen molar-refractivity contribution in [3.05, 3.63) is 24.0 Å². The molecule has 0 aromatic carbocycles. The van der Waals surface area contributed by atoms with Crippen LogP contribution in [-0.4, -0.2) is 40.0 Å². The summed E-state index contributed by atoms with van der Waals surface area (Å²) in [6, 6.07) is 3.34. The van der Waals surface area contributed by atoms with Gasteiger partial charge in [0.25, 0.3) is 5.91 Å². The molecule has 6 heteroatoms. The van der Waals surface area contributed by atoms with Gasteiger partial charge in [-0.2, -0.15) is 0 Å². The molecule has 2 rings (SSSR count). The van der Waals surface area contributed by atoms with E-state index >= 15 is 0 Å². The van der Waals surface area contributed by atoms with Crippen molar-refractivity contribution in [3.8, 4) is 0 Å². The molecule has 1 aliphatic heterocycles. The van der Waals surface area contributed by atoms with E-state index in [4.69, 9.17) is 10.8 Å². The maximum absolute atomic E-state index is 12.2. The lowest BCUT2D eigenvalue weighted by Crippen LogP contribution is -2.39. The number of carboxylic acids is 1. The van der Waals surface area contributed by atoms with E-state index in [0.717, 1.165) is 0 Å². The summed E-state index contributed by atoms with van der Waals surface area (Å²) in [6.45, 7) is 1.12. The van der Waals surface area contributed by atoms with Crippen molar-refractivity contribution in [2.24, 2.45) is 5.92 Å². The number of rotatable bonds is 3. The van der Waals surface area contributed by atoms with E-state index in [9.17, 15) is 9.59 Å². The first-order valence-electron chi connectivity index (χ1n) is 6.29. The van der Waals surface area contributed by atoms with Crippen molar-refractivity contribution in [2.45, 2.75) is 19.3 Å². The molecule has 0 unspecified atom stereocenters. The number of pyridine rings is 1. The molecule has 0 radical (unpaired) electrons. The van der Waals surface area contributed by atoms with E-state index < -0.39 is 5.97 Å². The van der Waals surface area contributed by atoms with Crippen LogP contribution in [0.1, 0.15) is 29.8 Å². The Morgan fingerprint density at radius 1 is 1.42 bits per heavy atom. The molecular formula is C13H17N3O3. The lowest BCUT2D eigenvalue weighted by Gasteiger charge is -2.31. The van der Waals surface area contributed by atoms with Gasteiger partial charge in [0, 0.05) is 25.7 Å². The fourth-order valence-electron chi connectivity index (χ4n) is 2.33. The smallest absolute Gasteiger partial charge is 0.303 e. The molecule has 0 spiro atoms. The van der Waals surface area contributed by atoms with Gasteiger partial charge in [-0.3, -0.25) is 9.59 Å². The van der Waals surface area contributed by atoms with Gasteiger partial charge in [0.1, 0.15) is 0 Å². The van der Waals surface area contributed by atoms with Crippen molar-refractivity contribution in [2.75, 3.05) is 18.8 Å². The summed E-state index contributed by atoms with van der Waals surface area (Å²) in [5.41, 5.74) is 6.39. The fourth-order valence-corrected chi connectivity index (χ4v) is 2.33. The van der Waals surface area contributed by atoms with Crippen LogP contribution < -0.4 is 5.73 Å². The molecule has 102 valence electrons. The number of aromatic nitrogens is 1. The lowest BCUT2D eigenvalue weighted by molar-refractivity contribution is -0.138. The standard InChI is InChI=1S/C13H17N3O3/c14-10-2-1-5-15-12(10)13(19)16-6-3-9(4-7-16)8-11(17)18/h1-2,5,9H,3-4,6-8,14H2,(H,17,18). The molecule has 1 fully saturated rings. The zero-order chi connectivity index (χ0) is 13.8. The van der Waals surface area contributed by atoms with Gasteiger partial charge in [-0.1, -0.05) is 0 Å². The van der Waals surface area contributed by atoms with Gasteiger partial charge in [0.2, 0.25) is 0 Å². The van der Waals surface area contributed by atoms with Crippen LogP contribution >= 0.6 is 0 Å². The first kappa shape index (κ1) is 13.3. The van der Waals surface area contributed by atoms with Gasteiger partial charge in [0.05, 0.1) is 5.69 Å². The molecule has 0 saturated carbocycles. The van der Waals surface area contributed by atoms with Gasteiger partial charge >= 0.3 is 5.97 Å². The predicted molar refractivity (Wildman–Crippen MR) is 69.5 cm³/mol. The summed E-state index contributed by atoms with van der Waals surface area (Å²) in [5, 5.41) is 8.75. The van der Waals surface area contributed by atoms with E-state index in [1.165, 1.54) is 0 Å². The van der Waals surface area contributed by atoms with Gasteiger partial charge in [0.15, 0.2) is 5.69 Å². The molecule has 1 aliphatic rings. The molecular weight excluding hydrogens is 246 g/mol. The quantitative estimate of drug-likeness (QED) is 0.847. The molecule has 1 aromatic rings. The van der Waals surface area contributed by atoms with Crippen molar-refractivity contribution in [3.63, 3.8) is 0 Å². The van der Waals surface area contributed by atoms with Gasteiger partial charge < -0.3 is 15.7 Å². The third-order valence-electron chi connectivity index (χ3n) is 3.41. The van der Waals surface area contributed by atoms with Gasteiger partial charge in [-0.05, 0) is 30.9 Å². The molecule has 1 amide bonds. The number of piperidine rings is 1. The summed E-state index contributed by atoms with van der Waals surface area (Å²) in [4.78, 5) is 28.6. The van der Waals surface area contributed by atoms with E-state index in [1.807, 2.05) is 0 Å². The third-order valence-corrected chi connectivity index (χ3v) is 3.41. The highest BCUT2D eigenvalue weighted by Gasteiger charge is 2.26. The molecule has 19 heavy (non-hydrogen) atoms. The van der Waals surface area contributed by atoms with Crippen molar-refractivity contribution >= 4 is 17.6 Å². The second-order valence-corrected chi connectivity index (χ2v) is 4.77. The number of likely N-dealkylation sites (tertiary alicyclic amines) is 1. The van der Waals surface area contributed by atoms with E-state index in [-0.39, 0.29) is 23.9 Å². The normalized spacial score (nSPS) is 16.3. The summed E-state index contributed by atoms with van der Waals surface area (Å²) in [7, 11) is 0. The number of aliphatic carboxylic acids is 1. The first-order valence-corrected chi connectivity index (χ1v) is 6.29. The van der Waals surface area contributed by atoms with Gasteiger partial charge in [-0.25, -0.2) is 4.98 Å². The zero-order valence-electron chi connectivity index (χ0n) is 10.6. The molecule has 0 aliphatic carbocycles. The van der Waals surface area contributed by atoms with Crippen LogP contribution in [-0.2, 0) is 4.79 Å². The molecule has 0 bridgehead atoms. The monoisotopic (exact) mass is 263 g/mol. The number of carbonyl (C=O) groups excluding carboxylic acids is 1. The molecule has 6 nitrogen and oxygen atoms in total. The number of nitrogens with two attached hydrogens (primary N) is 1. The Morgan fingerprint density at radius 2 is 2.11 bits per heavy atom. The highest BCUT2D eigenvalue weighted by molar-refractivity contribution is 5.97. The second kappa shape index (κ2) is 5.69. The van der Waals surface area contributed by atoms with Crippen LogP contribution in [0.3, 0.4) is 0 Å². The number of carboxylic acid groups (broad SMARTS) is 1.